The Balaban J connectivity index is 2.28. The van der Waals surface area contributed by atoms with E-state index in [1.165, 1.54) is 19.3 Å². The molecule has 2 unspecified atom stereocenters. The zero-order chi connectivity index (χ0) is 16.1. The maximum Gasteiger partial charge on any atom is 0.152 e. The Kier molecular flexibility index (Phi) is 6.26. The van der Waals surface area contributed by atoms with Gasteiger partial charge in [0.25, 0.3) is 0 Å². The molecule has 1 aromatic rings. The van der Waals surface area contributed by atoms with E-state index in [9.17, 15) is 10.2 Å². The molecule has 1 fully saturated rings. The first kappa shape index (κ1) is 17.3. The quantitative estimate of drug-likeness (QED) is 0.793. The summed E-state index contributed by atoms with van der Waals surface area (Å²) in [6.07, 6.45) is 4.89. The lowest BCUT2D eigenvalue weighted by molar-refractivity contribution is -0.0544. The summed E-state index contributed by atoms with van der Waals surface area (Å²) in [5.74, 6) is 0.328. The van der Waals surface area contributed by atoms with E-state index in [-0.39, 0.29) is 11.8 Å². The number of nitriles is 1. The zero-order valence-electron chi connectivity index (χ0n) is 13.0. The Labute approximate surface area is 137 Å². The molecule has 0 bridgehead atoms. The molecule has 0 saturated heterocycles. The lowest BCUT2D eigenvalue weighted by Crippen LogP contribution is -2.21. The maximum absolute atomic E-state index is 9.46. The molecule has 1 saturated carbocycles. The third-order valence-electron chi connectivity index (χ3n) is 4.80. The monoisotopic (exact) mass is 321 g/mol. The molecule has 4 heteroatoms. The van der Waals surface area contributed by atoms with Crippen LogP contribution in [0.3, 0.4) is 0 Å². The number of rotatable bonds is 5. The average Bonchev–Trinajstić information content (AvgIpc) is 2.52. The van der Waals surface area contributed by atoms with Crippen LogP contribution in [0.15, 0.2) is 18.2 Å². The molecule has 120 valence electrons. The molecule has 2 atom stereocenters. The van der Waals surface area contributed by atoms with Crippen LogP contribution in [-0.4, -0.2) is 16.5 Å². The van der Waals surface area contributed by atoms with Crippen molar-refractivity contribution in [1.82, 2.24) is 0 Å². The average molecular weight is 322 g/mol. The van der Waals surface area contributed by atoms with Crippen LogP contribution in [-0.2, 0) is 0 Å². The number of nitrogens with zero attached hydrogens (tertiary/aromatic N) is 1. The van der Waals surface area contributed by atoms with E-state index in [4.69, 9.17) is 16.9 Å². The molecule has 2 rings (SSSR count). The van der Waals surface area contributed by atoms with Gasteiger partial charge in [0.1, 0.15) is 0 Å². The maximum atomic E-state index is 9.46. The highest BCUT2D eigenvalue weighted by Crippen LogP contribution is 2.41. The van der Waals surface area contributed by atoms with Crippen molar-refractivity contribution in [1.29, 1.82) is 5.26 Å². The summed E-state index contributed by atoms with van der Waals surface area (Å²) in [6, 6.07) is 7.97. The second-order valence-corrected chi connectivity index (χ2v) is 6.76. The van der Waals surface area contributed by atoms with Gasteiger partial charge in [0.15, 0.2) is 6.29 Å². The lowest BCUT2D eigenvalue weighted by atomic mass is 9.75. The normalized spacial score (nSPS) is 18.9. The molecule has 1 aromatic carbocycles. The molecule has 0 amide bonds. The summed E-state index contributed by atoms with van der Waals surface area (Å²) in [4.78, 5) is 0. The van der Waals surface area contributed by atoms with Crippen molar-refractivity contribution in [3.63, 3.8) is 0 Å². The Morgan fingerprint density at radius 3 is 2.50 bits per heavy atom. The first-order valence-corrected chi connectivity index (χ1v) is 8.45. The van der Waals surface area contributed by atoms with E-state index in [0.717, 1.165) is 24.0 Å². The van der Waals surface area contributed by atoms with Gasteiger partial charge in [0.2, 0.25) is 0 Å². The van der Waals surface area contributed by atoms with Crippen molar-refractivity contribution >= 4 is 11.6 Å². The van der Waals surface area contributed by atoms with Crippen LogP contribution in [0, 0.1) is 17.2 Å². The van der Waals surface area contributed by atoms with Gasteiger partial charge in [-0.2, -0.15) is 5.26 Å². The highest BCUT2D eigenvalue weighted by Gasteiger charge is 2.28. The van der Waals surface area contributed by atoms with Crippen molar-refractivity contribution in [2.75, 3.05) is 0 Å². The second kappa shape index (κ2) is 7.97. The Morgan fingerprint density at radius 2 is 1.95 bits per heavy atom. The minimum Gasteiger partial charge on any atom is -0.368 e. The number of aliphatic hydroxyl groups is 2. The molecule has 3 nitrogen and oxygen atoms in total. The standard InChI is InChI=1S/C18H24ClNO2/c1-12(11-20)14-7-8-15(17(19)9-14)16(10-18(21)22)13-5-3-2-4-6-13/h7-9,12-13,16,18,21-22H,2-6,10H2,1H3. The Morgan fingerprint density at radius 1 is 1.27 bits per heavy atom. The van der Waals surface area contributed by atoms with Crippen molar-refractivity contribution in [3.8, 4) is 6.07 Å². The molecular weight excluding hydrogens is 298 g/mol. The van der Waals surface area contributed by atoms with Crippen LogP contribution >= 0.6 is 11.6 Å². The topological polar surface area (TPSA) is 64.2 Å². The molecule has 0 radical (unpaired) electrons. The van der Waals surface area contributed by atoms with Crippen LogP contribution in [0.2, 0.25) is 5.02 Å². The van der Waals surface area contributed by atoms with Crippen LogP contribution in [0.1, 0.15) is 68.4 Å². The van der Waals surface area contributed by atoms with E-state index in [1.54, 1.807) is 0 Å². The summed E-state index contributed by atoms with van der Waals surface area (Å²) in [6.45, 7) is 1.85. The molecule has 0 aliphatic heterocycles. The number of aliphatic hydroxyl groups excluding tert-OH is 1. The van der Waals surface area contributed by atoms with E-state index < -0.39 is 6.29 Å². The van der Waals surface area contributed by atoms with Crippen molar-refractivity contribution in [2.45, 2.75) is 63.6 Å². The predicted octanol–water partition coefficient (Wildman–Crippen LogP) is 4.33. The molecule has 0 spiro atoms. The first-order valence-electron chi connectivity index (χ1n) is 8.08. The number of halogens is 1. The SMILES string of the molecule is CC(C#N)c1ccc(C(CC(O)O)C2CCCCC2)c(Cl)c1. The fraction of sp³-hybridized carbons (Fsp3) is 0.611. The van der Waals surface area contributed by atoms with Crippen molar-refractivity contribution in [2.24, 2.45) is 5.92 Å². The van der Waals surface area contributed by atoms with Gasteiger partial charge in [-0.15, -0.1) is 0 Å². The number of hydrogen-bond acceptors (Lipinski definition) is 3. The molecule has 1 aliphatic carbocycles. The molecule has 0 aromatic heterocycles. The highest BCUT2D eigenvalue weighted by atomic mass is 35.5. The van der Waals surface area contributed by atoms with Crippen molar-refractivity contribution < 1.29 is 10.2 Å². The second-order valence-electron chi connectivity index (χ2n) is 6.35. The summed E-state index contributed by atoms with van der Waals surface area (Å²) < 4.78 is 0. The summed E-state index contributed by atoms with van der Waals surface area (Å²) in [5.41, 5.74) is 1.89. The Bertz CT molecular complexity index is 532. The van der Waals surface area contributed by atoms with Crippen LogP contribution in [0.25, 0.3) is 0 Å². The van der Waals surface area contributed by atoms with E-state index in [0.29, 0.717) is 17.4 Å². The van der Waals surface area contributed by atoms with E-state index in [2.05, 4.69) is 6.07 Å². The van der Waals surface area contributed by atoms with Gasteiger partial charge < -0.3 is 10.2 Å². The Hall–Kier alpha value is -1.08. The largest absolute Gasteiger partial charge is 0.368 e. The van der Waals surface area contributed by atoms with Crippen molar-refractivity contribution in [3.05, 3.63) is 34.3 Å². The highest BCUT2D eigenvalue weighted by molar-refractivity contribution is 6.31. The third-order valence-corrected chi connectivity index (χ3v) is 5.13. The van der Waals surface area contributed by atoms with Crippen LogP contribution < -0.4 is 0 Å². The van der Waals surface area contributed by atoms with Gasteiger partial charge in [0.05, 0.1) is 12.0 Å². The fourth-order valence-electron chi connectivity index (χ4n) is 3.52. The summed E-state index contributed by atoms with van der Waals surface area (Å²) >= 11 is 6.46. The molecule has 2 N–H and O–H groups in total. The van der Waals surface area contributed by atoms with E-state index >= 15 is 0 Å². The smallest absolute Gasteiger partial charge is 0.152 e. The third kappa shape index (κ3) is 4.23. The fourth-order valence-corrected chi connectivity index (χ4v) is 3.85. The predicted molar refractivity (Wildman–Crippen MR) is 87.6 cm³/mol. The van der Waals surface area contributed by atoms with Crippen LogP contribution in [0.4, 0.5) is 0 Å². The minimum absolute atomic E-state index is 0.0687. The van der Waals surface area contributed by atoms with Gasteiger partial charge in [-0.3, -0.25) is 0 Å². The van der Waals surface area contributed by atoms with Gasteiger partial charge in [-0.1, -0.05) is 43.0 Å². The van der Waals surface area contributed by atoms with Gasteiger partial charge >= 0.3 is 0 Å². The molecule has 22 heavy (non-hydrogen) atoms. The summed E-state index contributed by atoms with van der Waals surface area (Å²) in [7, 11) is 0. The molecule has 1 aliphatic rings. The minimum atomic E-state index is -1.32. The zero-order valence-corrected chi connectivity index (χ0v) is 13.8. The van der Waals surface area contributed by atoms with Gasteiger partial charge in [-0.05, 0) is 48.8 Å². The number of benzene rings is 1. The van der Waals surface area contributed by atoms with E-state index in [1.807, 2.05) is 25.1 Å². The van der Waals surface area contributed by atoms with Gasteiger partial charge in [0, 0.05) is 11.4 Å². The molecular formula is C18H24ClNO2. The van der Waals surface area contributed by atoms with Crippen LogP contribution in [0.5, 0.6) is 0 Å². The number of hydrogen-bond donors (Lipinski definition) is 2. The molecule has 0 heterocycles. The van der Waals surface area contributed by atoms with Gasteiger partial charge in [-0.25, -0.2) is 0 Å². The lowest BCUT2D eigenvalue weighted by Gasteiger charge is -2.32. The summed E-state index contributed by atoms with van der Waals surface area (Å²) in [5, 5.41) is 28.6. The first-order chi connectivity index (χ1) is 10.5.